The molecule has 0 fully saturated rings. The zero-order chi connectivity index (χ0) is 21.3. The second-order valence-corrected chi connectivity index (χ2v) is 6.25. The molecule has 0 spiro atoms. The molecule has 2 heterocycles. The molecule has 0 radical (unpaired) electrons. The summed E-state index contributed by atoms with van der Waals surface area (Å²) in [6, 6.07) is 1.63. The van der Waals surface area contributed by atoms with E-state index in [0.717, 1.165) is 23.5 Å². The maximum absolute atomic E-state index is 13.6. The van der Waals surface area contributed by atoms with Crippen molar-refractivity contribution in [1.29, 1.82) is 0 Å². The highest BCUT2D eigenvalue weighted by Crippen LogP contribution is 2.31. The Morgan fingerprint density at radius 1 is 1.10 bits per heavy atom. The zero-order valence-electron chi connectivity index (χ0n) is 14.7. The Labute approximate surface area is 161 Å². The van der Waals surface area contributed by atoms with Gasteiger partial charge in [-0.25, -0.2) is 29.6 Å². The van der Waals surface area contributed by atoms with Crippen molar-refractivity contribution in [1.82, 2.24) is 14.9 Å². The third-order valence-electron chi connectivity index (χ3n) is 4.22. The van der Waals surface area contributed by atoms with Crippen LogP contribution in [-0.2, 0) is 6.18 Å². The fourth-order valence-electron chi connectivity index (χ4n) is 2.84. The highest BCUT2D eigenvalue weighted by Gasteiger charge is 2.33. The number of hydrazine groups is 1. The molecule has 1 aromatic carbocycles. The highest BCUT2D eigenvalue weighted by atomic mass is 19.4. The minimum atomic E-state index is -4.79. The minimum absolute atomic E-state index is 0.0240. The van der Waals surface area contributed by atoms with Gasteiger partial charge in [0.05, 0.1) is 30.2 Å². The van der Waals surface area contributed by atoms with Crippen molar-refractivity contribution < 1.29 is 26.7 Å². The summed E-state index contributed by atoms with van der Waals surface area (Å²) in [6.07, 6.45) is -2.82. The molecular weight excluding hydrogens is 399 g/mol. The van der Waals surface area contributed by atoms with E-state index in [9.17, 15) is 26.7 Å². The number of carbonyl (C=O) groups is 1. The Morgan fingerprint density at radius 3 is 2.34 bits per heavy atom. The number of anilines is 1. The molecule has 12 heteroatoms. The second kappa shape index (κ2) is 7.62. The summed E-state index contributed by atoms with van der Waals surface area (Å²) >= 11 is 0. The van der Waals surface area contributed by atoms with Gasteiger partial charge in [-0.3, -0.25) is 4.79 Å². The summed E-state index contributed by atoms with van der Waals surface area (Å²) < 4.78 is 65.1. The van der Waals surface area contributed by atoms with Crippen molar-refractivity contribution in [3.63, 3.8) is 0 Å². The SMILES string of the molecule is NC1=C(N(N)c2ncc(F)cn2)CCN(C(=O)c2cc(F)cc(C(F)(F)F)c2)C1. The molecule has 0 aliphatic carbocycles. The molecule has 0 atom stereocenters. The van der Waals surface area contributed by atoms with Gasteiger partial charge in [-0.15, -0.1) is 0 Å². The maximum Gasteiger partial charge on any atom is 0.416 e. The third kappa shape index (κ3) is 4.42. The average Bonchev–Trinajstić information content (AvgIpc) is 2.66. The van der Waals surface area contributed by atoms with Crippen LogP contribution >= 0.6 is 0 Å². The van der Waals surface area contributed by atoms with E-state index in [4.69, 9.17) is 11.6 Å². The van der Waals surface area contributed by atoms with Crippen LogP contribution in [-0.4, -0.2) is 33.9 Å². The molecule has 0 saturated heterocycles. The quantitative estimate of drug-likeness (QED) is 0.454. The number of hydrogen-bond donors (Lipinski definition) is 2. The smallest absolute Gasteiger partial charge is 0.399 e. The standard InChI is InChI=1S/C17H15F5N6O/c18-11-4-9(3-10(5-11)17(20,21)22)15(29)27-2-1-14(13(23)8-27)28(24)16-25-6-12(19)7-26-16/h3-7H,1-2,8,23-24H2. The molecule has 29 heavy (non-hydrogen) atoms. The van der Waals surface area contributed by atoms with Crippen molar-refractivity contribution in [2.75, 3.05) is 18.1 Å². The summed E-state index contributed by atoms with van der Waals surface area (Å²) in [5.74, 6) is 3.24. The van der Waals surface area contributed by atoms with Crippen LogP contribution in [0.5, 0.6) is 0 Å². The van der Waals surface area contributed by atoms with E-state index in [-0.39, 0.29) is 31.2 Å². The van der Waals surface area contributed by atoms with Gasteiger partial charge in [0, 0.05) is 24.2 Å². The first-order valence-electron chi connectivity index (χ1n) is 8.23. The number of benzene rings is 1. The predicted molar refractivity (Wildman–Crippen MR) is 91.8 cm³/mol. The summed E-state index contributed by atoms with van der Waals surface area (Å²) in [7, 11) is 0. The van der Waals surface area contributed by atoms with Gasteiger partial charge in [-0.1, -0.05) is 0 Å². The molecule has 3 rings (SSSR count). The Hall–Kier alpha value is -3.28. The predicted octanol–water partition coefficient (Wildman–Crippen LogP) is 2.17. The maximum atomic E-state index is 13.6. The molecular formula is C17H15F5N6O. The zero-order valence-corrected chi connectivity index (χ0v) is 14.7. The lowest BCUT2D eigenvalue weighted by Crippen LogP contribution is -2.44. The largest absolute Gasteiger partial charge is 0.416 e. The van der Waals surface area contributed by atoms with Crippen LogP contribution in [0, 0.1) is 11.6 Å². The molecule has 154 valence electrons. The van der Waals surface area contributed by atoms with E-state index in [2.05, 4.69) is 9.97 Å². The molecule has 0 bridgehead atoms. The van der Waals surface area contributed by atoms with Gasteiger partial charge in [0.1, 0.15) is 5.82 Å². The van der Waals surface area contributed by atoms with Gasteiger partial charge >= 0.3 is 6.18 Å². The molecule has 4 N–H and O–H groups in total. The normalized spacial score (nSPS) is 14.9. The molecule has 1 aliphatic heterocycles. The first-order valence-corrected chi connectivity index (χ1v) is 8.23. The summed E-state index contributed by atoms with van der Waals surface area (Å²) in [6.45, 7) is -0.0947. The van der Waals surface area contributed by atoms with Gasteiger partial charge < -0.3 is 10.6 Å². The fourth-order valence-corrected chi connectivity index (χ4v) is 2.84. The Balaban J connectivity index is 1.81. The molecule has 1 amide bonds. The number of aromatic nitrogens is 2. The van der Waals surface area contributed by atoms with E-state index in [1.54, 1.807) is 0 Å². The van der Waals surface area contributed by atoms with Crippen LogP contribution in [0.2, 0.25) is 0 Å². The van der Waals surface area contributed by atoms with Crippen LogP contribution in [0.15, 0.2) is 42.0 Å². The number of amides is 1. The minimum Gasteiger partial charge on any atom is -0.399 e. The molecule has 0 unspecified atom stereocenters. The molecule has 7 nitrogen and oxygen atoms in total. The van der Waals surface area contributed by atoms with E-state index < -0.39 is 34.8 Å². The van der Waals surface area contributed by atoms with Crippen molar-refractivity contribution in [2.24, 2.45) is 11.6 Å². The first-order chi connectivity index (χ1) is 13.6. The lowest BCUT2D eigenvalue weighted by Gasteiger charge is -2.32. The Bertz CT molecular complexity index is 960. The molecule has 0 saturated carbocycles. The Morgan fingerprint density at radius 2 is 1.76 bits per heavy atom. The topological polar surface area (TPSA) is 101 Å². The number of halogens is 5. The lowest BCUT2D eigenvalue weighted by atomic mass is 10.1. The number of rotatable bonds is 3. The molecule has 1 aliphatic rings. The van der Waals surface area contributed by atoms with Crippen LogP contribution in [0.25, 0.3) is 0 Å². The van der Waals surface area contributed by atoms with Gasteiger partial charge in [-0.05, 0) is 18.2 Å². The number of nitrogens with zero attached hydrogens (tertiary/aromatic N) is 4. The van der Waals surface area contributed by atoms with E-state index in [1.807, 2.05) is 0 Å². The van der Waals surface area contributed by atoms with E-state index in [1.165, 1.54) is 4.90 Å². The molecule has 1 aromatic heterocycles. The number of hydrogen-bond acceptors (Lipinski definition) is 6. The second-order valence-electron chi connectivity index (χ2n) is 6.25. The van der Waals surface area contributed by atoms with Gasteiger partial charge in [-0.2, -0.15) is 13.2 Å². The van der Waals surface area contributed by atoms with Crippen LogP contribution in [0.1, 0.15) is 22.3 Å². The van der Waals surface area contributed by atoms with Crippen molar-refractivity contribution in [3.8, 4) is 0 Å². The first kappa shape index (κ1) is 20.5. The van der Waals surface area contributed by atoms with E-state index >= 15 is 0 Å². The lowest BCUT2D eigenvalue weighted by molar-refractivity contribution is -0.137. The monoisotopic (exact) mass is 414 g/mol. The van der Waals surface area contributed by atoms with Gasteiger partial charge in [0.25, 0.3) is 5.91 Å². The summed E-state index contributed by atoms with van der Waals surface area (Å²) in [5.41, 5.74) is 4.77. The van der Waals surface area contributed by atoms with Gasteiger partial charge in [0.15, 0.2) is 5.82 Å². The van der Waals surface area contributed by atoms with Crippen LogP contribution in [0.4, 0.5) is 27.9 Å². The average molecular weight is 414 g/mol. The fraction of sp³-hybridized carbons (Fsp3) is 0.235. The van der Waals surface area contributed by atoms with Crippen molar-refractivity contribution in [2.45, 2.75) is 12.6 Å². The third-order valence-corrected chi connectivity index (χ3v) is 4.22. The van der Waals surface area contributed by atoms with Crippen LogP contribution < -0.4 is 16.6 Å². The summed E-state index contributed by atoms with van der Waals surface area (Å²) in [5, 5.41) is 1.04. The van der Waals surface area contributed by atoms with Crippen molar-refractivity contribution in [3.05, 3.63) is 64.7 Å². The van der Waals surface area contributed by atoms with E-state index in [0.29, 0.717) is 17.8 Å². The highest BCUT2D eigenvalue weighted by molar-refractivity contribution is 5.94. The Kier molecular flexibility index (Phi) is 5.38. The molecule has 2 aromatic rings. The number of carbonyl (C=O) groups excluding carboxylic acids is 1. The van der Waals surface area contributed by atoms with Gasteiger partial charge in [0.2, 0.25) is 5.95 Å². The van der Waals surface area contributed by atoms with Crippen molar-refractivity contribution >= 4 is 11.9 Å². The number of alkyl halides is 3. The number of nitrogens with two attached hydrogens (primary N) is 2. The summed E-state index contributed by atoms with van der Waals surface area (Å²) in [4.78, 5) is 21.2. The van der Waals surface area contributed by atoms with Crippen LogP contribution in [0.3, 0.4) is 0 Å².